The van der Waals surface area contributed by atoms with E-state index in [0.29, 0.717) is 12.3 Å². The van der Waals surface area contributed by atoms with Crippen LogP contribution in [0.3, 0.4) is 0 Å². The number of Topliss-reactive ketones (excluding diaryl/α,β-unsaturated/α-hetero) is 1. The number of fused-ring (bicyclic) bond motifs is 1. The first kappa shape index (κ1) is 12.8. The second-order valence-corrected chi connectivity index (χ2v) is 5.63. The SMILES string of the molecule is Cc1cccc2cc(C(=O)CNC(C)(C)C)oc12. The Labute approximate surface area is 107 Å². The molecule has 18 heavy (non-hydrogen) atoms. The number of nitrogens with one attached hydrogen (secondary N) is 1. The van der Waals surface area contributed by atoms with Crippen LogP contribution in [0.25, 0.3) is 11.0 Å². The molecule has 0 fully saturated rings. The third-order valence-corrected chi connectivity index (χ3v) is 2.80. The minimum Gasteiger partial charge on any atom is -0.453 e. The molecule has 0 spiro atoms. The van der Waals surface area contributed by atoms with Crippen molar-refractivity contribution in [3.63, 3.8) is 0 Å². The largest absolute Gasteiger partial charge is 0.453 e. The molecule has 0 atom stereocenters. The lowest BCUT2D eigenvalue weighted by molar-refractivity contribution is 0.0957. The van der Waals surface area contributed by atoms with Gasteiger partial charge in [0.2, 0.25) is 5.78 Å². The molecule has 0 saturated carbocycles. The van der Waals surface area contributed by atoms with Crippen LogP contribution in [0.1, 0.15) is 36.9 Å². The van der Waals surface area contributed by atoms with E-state index in [1.807, 2.05) is 52.0 Å². The van der Waals surface area contributed by atoms with Gasteiger partial charge < -0.3 is 9.73 Å². The van der Waals surface area contributed by atoms with E-state index < -0.39 is 0 Å². The zero-order valence-electron chi connectivity index (χ0n) is 11.3. The second kappa shape index (κ2) is 4.58. The highest BCUT2D eigenvalue weighted by atomic mass is 16.3. The van der Waals surface area contributed by atoms with Gasteiger partial charge in [-0.2, -0.15) is 0 Å². The fourth-order valence-corrected chi connectivity index (χ4v) is 1.78. The number of aryl methyl sites for hydroxylation is 1. The molecule has 0 saturated heterocycles. The number of furan rings is 1. The van der Waals surface area contributed by atoms with Gasteiger partial charge in [-0.3, -0.25) is 4.79 Å². The summed E-state index contributed by atoms with van der Waals surface area (Å²) in [6.45, 7) is 8.37. The van der Waals surface area contributed by atoms with E-state index in [0.717, 1.165) is 16.5 Å². The monoisotopic (exact) mass is 245 g/mol. The highest BCUT2D eigenvalue weighted by molar-refractivity contribution is 5.99. The molecule has 0 amide bonds. The average Bonchev–Trinajstić information content (AvgIpc) is 2.70. The van der Waals surface area contributed by atoms with Gasteiger partial charge in [0.25, 0.3) is 0 Å². The predicted molar refractivity (Wildman–Crippen MR) is 73.0 cm³/mol. The fraction of sp³-hybridized carbons (Fsp3) is 0.400. The van der Waals surface area contributed by atoms with Crippen LogP contribution < -0.4 is 5.32 Å². The standard InChI is InChI=1S/C15H19NO2/c1-10-6-5-7-11-8-13(18-14(10)11)12(17)9-16-15(2,3)4/h5-8,16H,9H2,1-4H3. The van der Waals surface area contributed by atoms with Crippen LogP contribution in [0.2, 0.25) is 0 Å². The normalized spacial score (nSPS) is 12.0. The molecule has 96 valence electrons. The number of ketones is 1. The molecule has 0 aliphatic carbocycles. The summed E-state index contributed by atoms with van der Waals surface area (Å²) in [7, 11) is 0. The Kier molecular flexibility index (Phi) is 3.26. The molecule has 3 heteroatoms. The van der Waals surface area contributed by atoms with Gasteiger partial charge in [0.15, 0.2) is 5.76 Å². The summed E-state index contributed by atoms with van der Waals surface area (Å²) in [5.74, 6) is 0.413. The lowest BCUT2D eigenvalue weighted by Gasteiger charge is -2.19. The zero-order chi connectivity index (χ0) is 13.3. The Hall–Kier alpha value is -1.61. The third kappa shape index (κ3) is 2.79. The maximum absolute atomic E-state index is 12.0. The lowest BCUT2D eigenvalue weighted by atomic mass is 10.1. The van der Waals surface area contributed by atoms with E-state index >= 15 is 0 Å². The maximum atomic E-state index is 12.0. The molecular weight excluding hydrogens is 226 g/mol. The van der Waals surface area contributed by atoms with Crippen molar-refractivity contribution < 1.29 is 9.21 Å². The number of benzene rings is 1. The summed E-state index contributed by atoms with van der Waals surface area (Å²) < 4.78 is 5.64. The Morgan fingerprint density at radius 2 is 2.06 bits per heavy atom. The first-order valence-corrected chi connectivity index (χ1v) is 6.14. The van der Waals surface area contributed by atoms with E-state index in [4.69, 9.17) is 4.42 Å². The number of hydrogen-bond donors (Lipinski definition) is 1. The summed E-state index contributed by atoms with van der Waals surface area (Å²) in [5.41, 5.74) is 1.78. The number of carbonyl (C=O) groups excluding carboxylic acids is 1. The van der Waals surface area contributed by atoms with Crippen molar-refractivity contribution in [1.82, 2.24) is 5.32 Å². The van der Waals surface area contributed by atoms with Crippen molar-refractivity contribution in [3.8, 4) is 0 Å². The molecule has 1 heterocycles. The molecule has 0 aliphatic heterocycles. The van der Waals surface area contributed by atoms with Crippen LogP contribution in [0, 0.1) is 6.92 Å². The molecule has 1 aromatic carbocycles. The lowest BCUT2D eigenvalue weighted by Crippen LogP contribution is -2.39. The smallest absolute Gasteiger partial charge is 0.211 e. The summed E-state index contributed by atoms with van der Waals surface area (Å²) in [5, 5.41) is 4.15. The molecule has 1 N–H and O–H groups in total. The Bertz CT molecular complexity index is 576. The van der Waals surface area contributed by atoms with Crippen molar-refractivity contribution in [2.24, 2.45) is 0 Å². The topological polar surface area (TPSA) is 42.2 Å². The van der Waals surface area contributed by atoms with Crippen LogP contribution in [0.4, 0.5) is 0 Å². The van der Waals surface area contributed by atoms with Gasteiger partial charge >= 0.3 is 0 Å². The summed E-state index contributed by atoms with van der Waals surface area (Å²) in [6, 6.07) is 7.72. The molecule has 1 aromatic heterocycles. The molecule has 0 unspecified atom stereocenters. The number of carbonyl (C=O) groups is 1. The fourth-order valence-electron chi connectivity index (χ4n) is 1.78. The molecular formula is C15H19NO2. The van der Waals surface area contributed by atoms with Crippen LogP contribution >= 0.6 is 0 Å². The van der Waals surface area contributed by atoms with Crippen LogP contribution in [-0.2, 0) is 0 Å². The Morgan fingerprint density at radius 3 is 2.67 bits per heavy atom. The molecule has 0 aliphatic rings. The Balaban J connectivity index is 2.21. The van der Waals surface area contributed by atoms with Crippen molar-refractivity contribution >= 4 is 16.8 Å². The predicted octanol–water partition coefficient (Wildman–Crippen LogP) is 3.31. The first-order valence-electron chi connectivity index (χ1n) is 6.14. The molecule has 0 bridgehead atoms. The van der Waals surface area contributed by atoms with E-state index in [9.17, 15) is 4.79 Å². The molecule has 0 radical (unpaired) electrons. The van der Waals surface area contributed by atoms with Crippen molar-refractivity contribution in [3.05, 3.63) is 35.6 Å². The van der Waals surface area contributed by atoms with Gasteiger partial charge in [0, 0.05) is 10.9 Å². The highest BCUT2D eigenvalue weighted by Crippen LogP contribution is 2.22. The highest BCUT2D eigenvalue weighted by Gasteiger charge is 2.16. The van der Waals surface area contributed by atoms with Crippen molar-refractivity contribution in [1.29, 1.82) is 0 Å². The summed E-state index contributed by atoms with van der Waals surface area (Å²) in [6.07, 6.45) is 0. The zero-order valence-corrected chi connectivity index (χ0v) is 11.3. The first-order chi connectivity index (χ1) is 8.37. The van der Waals surface area contributed by atoms with E-state index in [-0.39, 0.29) is 11.3 Å². The van der Waals surface area contributed by atoms with E-state index in [1.54, 1.807) is 0 Å². The second-order valence-electron chi connectivity index (χ2n) is 5.63. The van der Waals surface area contributed by atoms with Gasteiger partial charge in [0.05, 0.1) is 6.54 Å². The maximum Gasteiger partial charge on any atom is 0.211 e. The van der Waals surface area contributed by atoms with Crippen LogP contribution in [-0.4, -0.2) is 17.9 Å². The van der Waals surface area contributed by atoms with Crippen LogP contribution in [0.15, 0.2) is 28.7 Å². The minimum absolute atomic E-state index is 0.0134. The number of hydrogen-bond acceptors (Lipinski definition) is 3. The Morgan fingerprint density at radius 1 is 1.33 bits per heavy atom. The number of para-hydroxylation sites is 1. The molecule has 2 rings (SSSR count). The van der Waals surface area contributed by atoms with Gasteiger partial charge in [-0.05, 0) is 39.3 Å². The third-order valence-electron chi connectivity index (χ3n) is 2.80. The molecule has 3 nitrogen and oxygen atoms in total. The van der Waals surface area contributed by atoms with Gasteiger partial charge in [-0.25, -0.2) is 0 Å². The number of rotatable bonds is 3. The molecule has 2 aromatic rings. The van der Waals surface area contributed by atoms with Gasteiger partial charge in [0.1, 0.15) is 5.58 Å². The van der Waals surface area contributed by atoms with Crippen molar-refractivity contribution in [2.75, 3.05) is 6.54 Å². The van der Waals surface area contributed by atoms with Crippen LogP contribution in [0.5, 0.6) is 0 Å². The van der Waals surface area contributed by atoms with Gasteiger partial charge in [-0.15, -0.1) is 0 Å². The van der Waals surface area contributed by atoms with Crippen molar-refractivity contribution in [2.45, 2.75) is 33.2 Å². The summed E-state index contributed by atoms with van der Waals surface area (Å²) in [4.78, 5) is 12.0. The van der Waals surface area contributed by atoms with E-state index in [1.165, 1.54) is 0 Å². The quantitative estimate of drug-likeness (QED) is 0.843. The summed E-state index contributed by atoms with van der Waals surface area (Å²) >= 11 is 0. The van der Waals surface area contributed by atoms with E-state index in [2.05, 4.69) is 5.32 Å². The van der Waals surface area contributed by atoms with Gasteiger partial charge in [-0.1, -0.05) is 18.2 Å². The average molecular weight is 245 g/mol. The minimum atomic E-state index is -0.0718.